The first-order chi connectivity index (χ1) is 7.11. The molecule has 0 unspecified atom stereocenters. The molecule has 0 amide bonds. The van der Waals surface area contributed by atoms with Gasteiger partial charge in [-0.2, -0.15) is 0 Å². The minimum atomic E-state index is -1.06. The van der Waals surface area contributed by atoms with Crippen molar-refractivity contribution in [3.63, 3.8) is 0 Å². The van der Waals surface area contributed by atoms with Gasteiger partial charge in [0.05, 0.1) is 0 Å². The maximum absolute atomic E-state index is 13.1. The normalized spacial score (nSPS) is 12.9. The van der Waals surface area contributed by atoms with Gasteiger partial charge in [0.2, 0.25) is 0 Å². The van der Waals surface area contributed by atoms with Gasteiger partial charge < -0.3 is 10.8 Å². The lowest BCUT2D eigenvalue weighted by atomic mass is 10.1. The van der Waals surface area contributed by atoms with Crippen LogP contribution in [0.25, 0.3) is 6.08 Å². The molecule has 0 aliphatic carbocycles. The van der Waals surface area contributed by atoms with Crippen LogP contribution >= 0.6 is 0 Å². The van der Waals surface area contributed by atoms with E-state index in [4.69, 9.17) is 10.8 Å². The van der Waals surface area contributed by atoms with Crippen molar-refractivity contribution in [3.8, 4) is 0 Å². The maximum Gasteiger partial charge on any atom is 0.320 e. The van der Waals surface area contributed by atoms with Crippen molar-refractivity contribution in [1.29, 1.82) is 0 Å². The summed E-state index contributed by atoms with van der Waals surface area (Å²) in [6.45, 7) is 0. The summed E-state index contributed by atoms with van der Waals surface area (Å²) in [6.07, 6.45) is 3.26. The van der Waals surface area contributed by atoms with Crippen LogP contribution < -0.4 is 5.73 Å². The Morgan fingerprint density at radius 3 is 2.80 bits per heavy atom. The van der Waals surface area contributed by atoms with Crippen LogP contribution in [0.15, 0.2) is 30.3 Å². The third-order valence-corrected chi connectivity index (χ3v) is 1.91. The van der Waals surface area contributed by atoms with Crippen molar-refractivity contribution < 1.29 is 14.3 Å². The lowest BCUT2D eigenvalue weighted by Crippen LogP contribution is -2.29. The monoisotopic (exact) mass is 209 g/mol. The average Bonchev–Trinajstić information content (AvgIpc) is 2.20. The summed E-state index contributed by atoms with van der Waals surface area (Å²) in [6, 6.07) is 5.32. The first kappa shape index (κ1) is 11.4. The molecule has 0 saturated heterocycles. The molecule has 3 N–H and O–H groups in total. The molecule has 3 nitrogen and oxygen atoms in total. The van der Waals surface area contributed by atoms with E-state index in [1.807, 2.05) is 0 Å². The van der Waals surface area contributed by atoms with Gasteiger partial charge in [-0.05, 0) is 12.5 Å². The molecule has 1 aromatic carbocycles. The number of rotatable bonds is 4. The molecule has 0 aromatic heterocycles. The molecule has 15 heavy (non-hydrogen) atoms. The largest absolute Gasteiger partial charge is 0.480 e. The van der Waals surface area contributed by atoms with Crippen molar-refractivity contribution >= 4 is 12.0 Å². The van der Waals surface area contributed by atoms with Gasteiger partial charge in [0.15, 0.2) is 0 Å². The number of aliphatic carboxylic acids is 1. The van der Waals surface area contributed by atoms with E-state index >= 15 is 0 Å². The first-order valence-electron chi connectivity index (χ1n) is 4.50. The van der Waals surface area contributed by atoms with Crippen LogP contribution in [0, 0.1) is 5.82 Å². The van der Waals surface area contributed by atoms with Gasteiger partial charge in [-0.3, -0.25) is 4.79 Å². The van der Waals surface area contributed by atoms with Gasteiger partial charge in [-0.15, -0.1) is 0 Å². The number of carboxylic acids is 1. The van der Waals surface area contributed by atoms with Gasteiger partial charge in [-0.1, -0.05) is 30.4 Å². The Morgan fingerprint density at radius 2 is 2.20 bits per heavy atom. The fourth-order valence-electron chi connectivity index (χ4n) is 1.05. The average molecular weight is 209 g/mol. The fourth-order valence-corrected chi connectivity index (χ4v) is 1.05. The topological polar surface area (TPSA) is 63.3 Å². The minimum absolute atomic E-state index is 0.184. The summed E-state index contributed by atoms with van der Waals surface area (Å²) in [7, 11) is 0. The fraction of sp³-hybridized carbons (Fsp3) is 0.182. The standard InChI is InChI=1S/C11H12FNO2/c12-9-6-2-1-4-8(9)5-3-7-10(13)11(14)15/h1-6,10H,7,13H2,(H,14,15)/b5-3+/t10-/m0/s1. The van der Waals surface area contributed by atoms with E-state index in [0.29, 0.717) is 5.56 Å². The predicted octanol–water partition coefficient (Wildman–Crippen LogP) is 1.64. The molecule has 0 bridgehead atoms. The van der Waals surface area contributed by atoms with Gasteiger partial charge in [0.1, 0.15) is 11.9 Å². The van der Waals surface area contributed by atoms with Crippen molar-refractivity contribution in [2.24, 2.45) is 5.73 Å². The van der Waals surface area contributed by atoms with Gasteiger partial charge in [-0.25, -0.2) is 4.39 Å². The summed E-state index contributed by atoms with van der Waals surface area (Å²) in [5.41, 5.74) is 5.70. The van der Waals surface area contributed by atoms with E-state index in [1.165, 1.54) is 12.1 Å². The zero-order chi connectivity index (χ0) is 11.3. The molecule has 0 fully saturated rings. The van der Waals surface area contributed by atoms with Crippen molar-refractivity contribution in [2.45, 2.75) is 12.5 Å². The van der Waals surface area contributed by atoms with Crippen molar-refractivity contribution in [3.05, 3.63) is 41.7 Å². The molecule has 1 atom stereocenters. The highest BCUT2D eigenvalue weighted by Crippen LogP contribution is 2.08. The van der Waals surface area contributed by atoms with E-state index < -0.39 is 12.0 Å². The Hall–Kier alpha value is -1.68. The Labute approximate surface area is 87.0 Å². The van der Waals surface area contributed by atoms with Gasteiger partial charge in [0, 0.05) is 5.56 Å². The van der Waals surface area contributed by atoms with Crippen LogP contribution in [0.5, 0.6) is 0 Å². The second kappa shape index (κ2) is 5.26. The summed E-state index contributed by atoms with van der Waals surface area (Å²) in [4.78, 5) is 10.4. The van der Waals surface area contributed by atoms with Crippen LogP contribution in [0.4, 0.5) is 4.39 Å². The van der Waals surface area contributed by atoms with E-state index in [-0.39, 0.29) is 12.2 Å². The summed E-state index contributed by atoms with van der Waals surface area (Å²) < 4.78 is 13.1. The lowest BCUT2D eigenvalue weighted by Gasteiger charge is -2.00. The van der Waals surface area contributed by atoms with Crippen LogP contribution in [0.3, 0.4) is 0 Å². The molecule has 0 radical (unpaired) electrons. The molecule has 0 aliphatic rings. The number of carbonyl (C=O) groups is 1. The second-order valence-corrected chi connectivity index (χ2v) is 3.10. The highest BCUT2D eigenvalue weighted by atomic mass is 19.1. The molecular formula is C11H12FNO2. The van der Waals surface area contributed by atoms with Crippen LogP contribution in [-0.2, 0) is 4.79 Å². The molecule has 80 valence electrons. The Morgan fingerprint density at radius 1 is 1.53 bits per heavy atom. The Balaban J connectivity index is 2.59. The molecule has 0 saturated carbocycles. The van der Waals surface area contributed by atoms with Crippen molar-refractivity contribution in [1.82, 2.24) is 0 Å². The number of nitrogens with two attached hydrogens (primary N) is 1. The summed E-state index contributed by atoms with van der Waals surface area (Å²) in [5, 5.41) is 8.50. The first-order valence-corrected chi connectivity index (χ1v) is 4.50. The Bertz CT molecular complexity index is 377. The number of hydrogen-bond donors (Lipinski definition) is 2. The molecular weight excluding hydrogens is 197 g/mol. The molecule has 0 aliphatic heterocycles. The van der Waals surface area contributed by atoms with Crippen LogP contribution in [0.1, 0.15) is 12.0 Å². The van der Waals surface area contributed by atoms with Gasteiger partial charge >= 0.3 is 5.97 Å². The van der Waals surface area contributed by atoms with E-state index in [1.54, 1.807) is 24.3 Å². The summed E-state index contributed by atoms with van der Waals surface area (Å²) >= 11 is 0. The van der Waals surface area contributed by atoms with E-state index in [9.17, 15) is 9.18 Å². The zero-order valence-electron chi connectivity index (χ0n) is 8.06. The maximum atomic E-state index is 13.1. The van der Waals surface area contributed by atoms with E-state index in [2.05, 4.69) is 0 Å². The third-order valence-electron chi connectivity index (χ3n) is 1.91. The molecule has 1 rings (SSSR count). The van der Waals surface area contributed by atoms with Gasteiger partial charge in [0.25, 0.3) is 0 Å². The second-order valence-electron chi connectivity index (χ2n) is 3.10. The molecule has 0 spiro atoms. The third kappa shape index (κ3) is 3.52. The van der Waals surface area contributed by atoms with Crippen LogP contribution in [0.2, 0.25) is 0 Å². The number of halogens is 1. The van der Waals surface area contributed by atoms with E-state index in [0.717, 1.165) is 0 Å². The number of benzene rings is 1. The highest BCUT2D eigenvalue weighted by Gasteiger charge is 2.08. The summed E-state index contributed by atoms with van der Waals surface area (Å²) in [5.74, 6) is -1.40. The number of hydrogen-bond acceptors (Lipinski definition) is 2. The number of carboxylic acid groups (broad SMARTS) is 1. The van der Waals surface area contributed by atoms with Crippen molar-refractivity contribution in [2.75, 3.05) is 0 Å². The smallest absolute Gasteiger partial charge is 0.320 e. The molecule has 4 heteroatoms. The molecule has 1 aromatic rings. The Kier molecular flexibility index (Phi) is 4.00. The zero-order valence-corrected chi connectivity index (χ0v) is 8.06. The van der Waals surface area contributed by atoms with Crippen LogP contribution in [-0.4, -0.2) is 17.1 Å². The minimum Gasteiger partial charge on any atom is -0.480 e. The highest BCUT2D eigenvalue weighted by molar-refractivity contribution is 5.73. The quantitative estimate of drug-likeness (QED) is 0.792. The SMILES string of the molecule is N[C@@H](C/C=C/c1ccccc1F)C(=O)O. The lowest BCUT2D eigenvalue weighted by molar-refractivity contribution is -0.138. The molecule has 0 heterocycles. The predicted molar refractivity (Wildman–Crippen MR) is 55.7 cm³/mol.